The minimum Gasteiger partial charge on any atom is -0.494 e. The number of aliphatic hydroxyl groups is 1. The van der Waals surface area contributed by atoms with E-state index in [1.54, 1.807) is 23.6 Å². The Hall–Kier alpha value is -1.99. The van der Waals surface area contributed by atoms with Crippen molar-refractivity contribution in [3.63, 3.8) is 0 Å². The number of carbonyl (C=O) groups is 1. The van der Waals surface area contributed by atoms with Gasteiger partial charge in [0.05, 0.1) is 13.2 Å². The third kappa shape index (κ3) is 3.27. The van der Waals surface area contributed by atoms with Crippen LogP contribution in [0.25, 0.3) is 0 Å². The number of nitrogens with one attached hydrogen (secondary N) is 1. The second-order valence-electron chi connectivity index (χ2n) is 3.66. The van der Waals surface area contributed by atoms with Crippen LogP contribution in [0, 0.1) is 0 Å². The second kappa shape index (κ2) is 6.26. The molecule has 0 radical (unpaired) electrons. The molecule has 0 spiro atoms. The quantitative estimate of drug-likeness (QED) is 0.870. The van der Waals surface area contributed by atoms with Gasteiger partial charge in [0, 0.05) is 16.6 Å². The van der Waals surface area contributed by atoms with Gasteiger partial charge in [0.15, 0.2) is 5.69 Å². The van der Waals surface area contributed by atoms with Gasteiger partial charge in [0.1, 0.15) is 5.75 Å². The number of anilines is 1. The first-order chi connectivity index (χ1) is 9.24. The largest absolute Gasteiger partial charge is 0.494 e. The molecule has 0 unspecified atom stereocenters. The number of rotatable bonds is 5. The summed E-state index contributed by atoms with van der Waals surface area (Å²) in [5, 5.41) is 17.2. The van der Waals surface area contributed by atoms with Crippen molar-refractivity contribution in [1.29, 1.82) is 0 Å². The first-order valence-electron chi connectivity index (χ1n) is 5.69. The van der Waals surface area contributed by atoms with Crippen molar-refractivity contribution in [3.05, 3.63) is 34.8 Å². The highest BCUT2D eigenvalue weighted by atomic mass is 32.1. The summed E-state index contributed by atoms with van der Waals surface area (Å²) in [6.45, 7) is 2.23. The van der Waals surface area contributed by atoms with Crippen LogP contribution in [-0.2, 0) is 6.61 Å². The predicted octanol–water partition coefficient (Wildman–Crippen LogP) is 1.68. The highest BCUT2D eigenvalue weighted by Crippen LogP contribution is 2.23. The van der Waals surface area contributed by atoms with Gasteiger partial charge in [-0.2, -0.15) is 0 Å². The Kier molecular flexibility index (Phi) is 4.43. The molecule has 19 heavy (non-hydrogen) atoms. The zero-order chi connectivity index (χ0) is 13.7. The minimum atomic E-state index is -0.332. The number of carbonyl (C=O) groups excluding carboxylic acids is 1. The third-order valence-electron chi connectivity index (χ3n) is 2.38. The van der Waals surface area contributed by atoms with E-state index in [4.69, 9.17) is 4.74 Å². The van der Waals surface area contributed by atoms with Gasteiger partial charge in [-0.25, -0.2) is 0 Å². The highest BCUT2D eigenvalue weighted by Gasteiger charge is 2.10. The van der Waals surface area contributed by atoms with E-state index in [1.807, 2.05) is 6.92 Å². The maximum atomic E-state index is 11.8. The molecule has 2 aromatic rings. The Morgan fingerprint density at radius 3 is 3.00 bits per heavy atom. The van der Waals surface area contributed by atoms with E-state index in [-0.39, 0.29) is 18.2 Å². The number of ether oxygens (including phenoxy) is 1. The van der Waals surface area contributed by atoms with E-state index < -0.39 is 0 Å². The molecule has 100 valence electrons. The fourth-order valence-electron chi connectivity index (χ4n) is 1.54. The van der Waals surface area contributed by atoms with E-state index in [9.17, 15) is 9.90 Å². The smallest absolute Gasteiger partial charge is 0.277 e. The van der Waals surface area contributed by atoms with Gasteiger partial charge in [0.2, 0.25) is 0 Å². The molecule has 0 aliphatic heterocycles. The number of aliphatic hydroxyl groups excluding tert-OH is 1. The van der Waals surface area contributed by atoms with Gasteiger partial charge in [-0.3, -0.25) is 4.79 Å². The minimum absolute atomic E-state index is 0.155. The molecule has 0 saturated carbocycles. The van der Waals surface area contributed by atoms with Crippen molar-refractivity contribution >= 4 is 23.1 Å². The summed E-state index contributed by atoms with van der Waals surface area (Å²) >= 11 is 1.11. The van der Waals surface area contributed by atoms with Crippen molar-refractivity contribution in [2.45, 2.75) is 13.5 Å². The van der Waals surface area contributed by atoms with Crippen LogP contribution < -0.4 is 10.1 Å². The highest BCUT2D eigenvalue weighted by molar-refractivity contribution is 7.03. The predicted molar refractivity (Wildman–Crippen MR) is 71.4 cm³/mol. The zero-order valence-corrected chi connectivity index (χ0v) is 11.1. The SMILES string of the molecule is CCOc1ccc(NC(=O)c2csnn2)cc1CO. The van der Waals surface area contributed by atoms with Crippen LogP contribution in [0.15, 0.2) is 23.6 Å². The van der Waals surface area contributed by atoms with Crippen LogP contribution in [0.4, 0.5) is 5.69 Å². The molecule has 7 heteroatoms. The average molecular weight is 279 g/mol. The summed E-state index contributed by atoms with van der Waals surface area (Å²) in [6.07, 6.45) is 0. The third-order valence-corrected chi connectivity index (χ3v) is 2.89. The normalized spacial score (nSPS) is 10.2. The lowest BCUT2D eigenvalue weighted by Gasteiger charge is -2.10. The number of aromatic nitrogens is 2. The summed E-state index contributed by atoms with van der Waals surface area (Å²) in [7, 11) is 0. The van der Waals surface area contributed by atoms with E-state index in [0.29, 0.717) is 23.6 Å². The molecule has 0 fully saturated rings. The molecule has 2 rings (SSSR count). The summed E-state index contributed by atoms with van der Waals surface area (Å²) in [4.78, 5) is 11.8. The molecular formula is C12H13N3O3S. The molecule has 0 saturated heterocycles. The Bertz CT molecular complexity index is 557. The Labute approximate surface area is 114 Å². The molecule has 0 aliphatic carbocycles. The lowest BCUT2D eigenvalue weighted by molar-refractivity contribution is 0.102. The number of nitrogens with zero attached hydrogens (tertiary/aromatic N) is 2. The standard InChI is InChI=1S/C12H13N3O3S/c1-2-18-11-4-3-9(5-8(11)6-16)13-12(17)10-7-19-15-14-10/h3-5,7,16H,2,6H2,1H3,(H,13,17). The number of hydrogen-bond acceptors (Lipinski definition) is 6. The van der Waals surface area contributed by atoms with Gasteiger partial charge in [-0.1, -0.05) is 4.49 Å². The first-order valence-corrected chi connectivity index (χ1v) is 6.53. The topological polar surface area (TPSA) is 84.3 Å². The van der Waals surface area contributed by atoms with Crippen LogP contribution in [0.2, 0.25) is 0 Å². The van der Waals surface area contributed by atoms with Crippen molar-refractivity contribution in [2.75, 3.05) is 11.9 Å². The van der Waals surface area contributed by atoms with Gasteiger partial charge < -0.3 is 15.2 Å². The molecule has 6 nitrogen and oxygen atoms in total. The number of benzene rings is 1. The van der Waals surface area contributed by atoms with E-state index in [1.165, 1.54) is 0 Å². The molecular weight excluding hydrogens is 266 g/mol. The van der Waals surface area contributed by atoms with Gasteiger partial charge in [-0.15, -0.1) is 5.10 Å². The zero-order valence-electron chi connectivity index (χ0n) is 10.3. The van der Waals surface area contributed by atoms with Crippen LogP contribution in [-0.4, -0.2) is 27.2 Å². The number of amides is 1. The molecule has 1 amide bonds. The van der Waals surface area contributed by atoms with Crippen molar-refractivity contribution in [3.8, 4) is 5.75 Å². The van der Waals surface area contributed by atoms with Crippen LogP contribution in [0.5, 0.6) is 5.75 Å². The van der Waals surface area contributed by atoms with E-state index >= 15 is 0 Å². The monoisotopic (exact) mass is 279 g/mol. The Morgan fingerprint density at radius 1 is 1.53 bits per heavy atom. The lowest BCUT2D eigenvalue weighted by Crippen LogP contribution is -2.12. The fourth-order valence-corrected chi connectivity index (χ4v) is 1.97. The molecule has 0 atom stereocenters. The number of hydrogen-bond donors (Lipinski definition) is 2. The molecule has 0 bridgehead atoms. The summed E-state index contributed by atoms with van der Waals surface area (Å²) in [6, 6.07) is 5.09. The maximum Gasteiger partial charge on any atom is 0.277 e. The lowest BCUT2D eigenvalue weighted by atomic mass is 10.2. The van der Waals surface area contributed by atoms with Crippen LogP contribution in [0.1, 0.15) is 23.0 Å². The molecule has 0 aliphatic rings. The van der Waals surface area contributed by atoms with E-state index in [2.05, 4.69) is 14.9 Å². The van der Waals surface area contributed by atoms with Gasteiger partial charge in [-0.05, 0) is 36.7 Å². The molecule has 1 aromatic carbocycles. The Morgan fingerprint density at radius 2 is 2.37 bits per heavy atom. The van der Waals surface area contributed by atoms with Gasteiger partial charge in [0.25, 0.3) is 5.91 Å². The first kappa shape index (κ1) is 13.4. The second-order valence-corrected chi connectivity index (χ2v) is 4.27. The maximum absolute atomic E-state index is 11.8. The van der Waals surface area contributed by atoms with Crippen molar-refractivity contribution in [2.24, 2.45) is 0 Å². The Balaban J connectivity index is 2.15. The average Bonchev–Trinajstić information content (AvgIpc) is 2.94. The van der Waals surface area contributed by atoms with Crippen molar-refractivity contribution in [1.82, 2.24) is 9.59 Å². The van der Waals surface area contributed by atoms with Crippen molar-refractivity contribution < 1.29 is 14.6 Å². The molecule has 1 aromatic heterocycles. The van der Waals surface area contributed by atoms with Crippen LogP contribution in [0.3, 0.4) is 0 Å². The van der Waals surface area contributed by atoms with Gasteiger partial charge >= 0.3 is 0 Å². The summed E-state index contributed by atoms with van der Waals surface area (Å²) in [5.74, 6) is 0.278. The molecule has 2 N–H and O–H groups in total. The summed E-state index contributed by atoms with van der Waals surface area (Å²) in [5.41, 5.74) is 1.46. The summed E-state index contributed by atoms with van der Waals surface area (Å²) < 4.78 is 8.99. The van der Waals surface area contributed by atoms with E-state index in [0.717, 1.165) is 11.5 Å². The molecule has 1 heterocycles. The van der Waals surface area contributed by atoms with Crippen LogP contribution >= 0.6 is 11.5 Å². The fraction of sp³-hybridized carbons (Fsp3) is 0.250.